The van der Waals surface area contributed by atoms with Crippen molar-refractivity contribution in [2.24, 2.45) is 7.05 Å². The Bertz CT molecular complexity index is 629. The van der Waals surface area contributed by atoms with E-state index in [1.165, 1.54) is 6.33 Å². The van der Waals surface area contributed by atoms with Crippen molar-refractivity contribution in [3.05, 3.63) is 12.5 Å². The Kier molecular flexibility index (Phi) is 4.08. The number of piperidine rings is 1. The van der Waals surface area contributed by atoms with E-state index in [0.29, 0.717) is 18.8 Å². The molecule has 1 unspecified atom stereocenters. The Hall–Kier alpha value is -1.89. The smallest absolute Gasteiger partial charge is 0.326 e. The molecule has 1 atom stereocenters. The molecule has 108 valence electrons. The summed E-state index contributed by atoms with van der Waals surface area (Å²) in [5, 5.41) is 14.3. The molecule has 0 aliphatic carbocycles. The SMILES string of the molecule is Cl.Cn1ncc2c(N3CCCCC3C(=O)O)ncnc21. The fourth-order valence-corrected chi connectivity index (χ4v) is 2.62. The summed E-state index contributed by atoms with van der Waals surface area (Å²) in [6.45, 7) is 0.706. The summed E-state index contributed by atoms with van der Waals surface area (Å²) >= 11 is 0. The number of carboxylic acids is 1. The van der Waals surface area contributed by atoms with Gasteiger partial charge in [-0.15, -0.1) is 12.4 Å². The van der Waals surface area contributed by atoms with E-state index in [-0.39, 0.29) is 12.4 Å². The highest BCUT2D eigenvalue weighted by molar-refractivity contribution is 5.89. The van der Waals surface area contributed by atoms with Gasteiger partial charge in [0.1, 0.15) is 18.2 Å². The van der Waals surface area contributed by atoms with Crippen LogP contribution >= 0.6 is 12.4 Å². The van der Waals surface area contributed by atoms with Gasteiger partial charge < -0.3 is 10.0 Å². The lowest BCUT2D eigenvalue weighted by molar-refractivity contribution is -0.139. The van der Waals surface area contributed by atoms with Crippen LogP contribution in [0.4, 0.5) is 5.82 Å². The molecule has 8 heteroatoms. The lowest BCUT2D eigenvalue weighted by Crippen LogP contribution is -2.45. The van der Waals surface area contributed by atoms with Crippen LogP contribution in [0.2, 0.25) is 0 Å². The van der Waals surface area contributed by atoms with Crippen LogP contribution in [-0.2, 0) is 11.8 Å². The highest BCUT2D eigenvalue weighted by Crippen LogP contribution is 2.28. The Morgan fingerprint density at radius 2 is 2.20 bits per heavy atom. The zero-order chi connectivity index (χ0) is 13.4. The van der Waals surface area contributed by atoms with Crippen LogP contribution in [0.1, 0.15) is 19.3 Å². The second kappa shape index (κ2) is 5.62. The van der Waals surface area contributed by atoms with E-state index in [2.05, 4.69) is 15.1 Å². The number of carbonyl (C=O) groups is 1. The van der Waals surface area contributed by atoms with Gasteiger partial charge in [0.25, 0.3) is 0 Å². The van der Waals surface area contributed by atoms with Crippen molar-refractivity contribution in [3.63, 3.8) is 0 Å². The molecular formula is C12H16ClN5O2. The van der Waals surface area contributed by atoms with E-state index in [1.807, 2.05) is 11.9 Å². The minimum atomic E-state index is -0.796. The molecule has 2 aromatic heterocycles. The van der Waals surface area contributed by atoms with Crippen molar-refractivity contribution in [3.8, 4) is 0 Å². The lowest BCUT2D eigenvalue weighted by Gasteiger charge is -2.33. The van der Waals surface area contributed by atoms with E-state index >= 15 is 0 Å². The summed E-state index contributed by atoms with van der Waals surface area (Å²) in [5.74, 6) is -0.124. The van der Waals surface area contributed by atoms with Crippen molar-refractivity contribution in [2.45, 2.75) is 25.3 Å². The van der Waals surface area contributed by atoms with Crippen LogP contribution in [0.25, 0.3) is 11.0 Å². The zero-order valence-corrected chi connectivity index (χ0v) is 11.9. The largest absolute Gasteiger partial charge is 0.480 e. The predicted octanol–water partition coefficient (Wildman–Crippen LogP) is 1.23. The second-order valence-corrected chi connectivity index (χ2v) is 4.75. The molecule has 7 nitrogen and oxygen atoms in total. The maximum atomic E-state index is 11.4. The van der Waals surface area contributed by atoms with E-state index in [9.17, 15) is 9.90 Å². The topological polar surface area (TPSA) is 84.1 Å². The van der Waals surface area contributed by atoms with Gasteiger partial charge >= 0.3 is 5.97 Å². The number of aromatic nitrogens is 4. The third-order valence-electron chi connectivity index (χ3n) is 3.57. The summed E-state index contributed by atoms with van der Waals surface area (Å²) in [4.78, 5) is 21.7. The first kappa shape index (κ1) is 14.5. The summed E-state index contributed by atoms with van der Waals surface area (Å²) in [7, 11) is 1.81. The van der Waals surface area contributed by atoms with Gasteiger partial charge in [-0.3, -0.25) is 4.68 Å². The van der Waals surface area contributed by atoms with Crippen molar-refractivity contribution >= 4 is 35.2 Å². The van der Waals surface area contributed by atoms with Gasteiger partial charge in [0.05, 0.1) is 11.6 Å². The van der Waals surface area contributed by atoms with Crippen LogP contribution in [0, 0.1) is 0 Å². The molecule has 0 radical (unpaired) electrons. The molecule has 1 N–H and O–H groups in total. The van der Waals surface area contributed by atoms with Crippen molar-refractivity contribution in [1.82, 2.24) is 19.7 Å². The second-order valence-electron chi connectivity index (χ2n) is 4.75. The van der Waals surface area contributed by atoms with Crippen LogP contribution in [-0.4, -0.2) is 43.4 Å². The van der Waals surface area contributed by atoms with E-state index in [0.717, 1.165) is 23.9 Å². The highest BCUT2D eigenvalue weighted by atomic mass is 35.5. The van der Waals surface area contributed by atoms with E-state index < -0.39 is 12.0 Å². The van der Waals surface area contributed by atoms with Crippen LogP contribution < -0.4 is 4.90 Å². The number of aliphatic carboxylic acids is 1. The molecule has 0 amide bonds. The monoisotopic (exact) mass is 297 g/mol. The van der Waals surface area contributed by atoms with E-state index in [1.54, 1.807) is 10.9 Å². The normalized spacial score (nSPS) is 18.9. The number of carboxylic acid groups (broad SMARTS) is 1. The molecule has 0 saturated carbocycles. The minimum Gasteiger partial charge on any atom is -0.480 e. The maximum Gasteiger partial charge on any atom is 0.326 e. The lowest BCUT2D eigenvalue weighted by atomic mass is 10.0. The molecule has 2 aromatic rings. The summed E-state index contributed by atoms with van der Waals surface area (Å²) < 4.78 is 1.67. The molecular weight excluding hydrogens is 282 g/mol. The van der Waals surface area contributed by atoms with Crippen molar-refractivity contribution in [1.29, 1.82) is 0 Å². The number of hydrogen-bond acceptors (Lipinski definition) is 5. The molecule has 3 rings (SSSR count). The molecule has 0 spiro atoms. The first-order valence-electron chi connectivity index (χ1n) is 6.30. The van der Waals surface area contributed by atoms with Crippen LogP contribution in [0.15, 0.2) is 12.5 Å². The summed E-state index contributed by atoms with van der Waals surface area (Å²) in [6.07, 6.45) is 5.73. The number of hydrogen-bond donors (Lipinski definition) is 1. The summed E-state index contributed by atoms with van der Waals surface area (Å²) in [6, 6.07) is -0.507. The molecule has 3 heterocycles. The number of halogens is 1. The van der Waals surface area contributed by atoms with Crippen LogP contribution in [0.3, 0.4) is 0 Å². The number of rotatable bonds is 2. The standard InChI is InChI=1S/C12H15N5O2.ClH/c1-16-10-8(6-15-16)11(14-7-13-10)17-5-3-2-4-9(17)12(18)19;/h6-7,9H,2-5H2,1H3,(H,18,19);1H. The average Bonchev–Trinajstić information content (AvgIpc) is 2.81. The van der Waals surface area contributed by atoms with Gasteiger partial charge in [0, 0.05) is 13.6 Å². The molecule has 1 aliphatic heterocycles. The molecule has 20 heavy (non-hydrogen) atoms. The van der Waals surface area contributed by atoms with Gasteiger partial charge in [-0.25, -0.2) is 14.8 Å². The average molecular weight is 298 g/mol. The van der Waals surface area contributed by atoms with Gasteiger partial charge in [0.2, 0.25) is 0 Å². The van der Waals surface area contributed by atoms with Gasteiger partial charge in [-0.1, -0.05) is 0 Å². The molecule has 0 bridgehead atoms. The van der Waals surface area contributed by atoms with Crippen LogP contribution in [0.5, 0.6) is 0 Å². The molecule has 1 saturated heterocycles. The first-order valence-corrected chi connectivity index (χ1v) is 6.30. The van der Waals surface area contributed by atoms with Gasteiger partial charge in [-0.05, 0) is 19.3 Å². The first-order chi connectivity index (χ1) is 9.18. The fourth-order valence-electron chi connectivity index (χ4n) is 2.62. The zero-order valence-electron chi connectivity index (χ0n) is 11.1. The predicted molar refractivity (Wildman–Crippen MR) is 76.2 cm³/mol. The number of aryl methyl sites for hydroxylation is 1. The Morgan fingerprint density at radius 1 is 1.40 bits per heavy atom. The van der Waals surface area contributed by atoms with Crippen molar-refractivity contribution < 1.29 is 9.90 Å². The van der Waals surface area contributed by atoms with Gasteiger partial charge in [0.15, 0.2) is 5.65 Å². The number of nitrogens with zero attached hydrogens (tertiary/aromatic N) is 5. The van der Waals surface area contributed by atoms with Gasteiger partial charge in [-0.2, -0.15) is 5.10 Å². The third kappa shape index (κ3) is 2.29. The minimum absolute atomic E-state index is 0. The van der Waals surface area contributed by atoms with E-state index in [4.69, 9.17) is 0 Å². The molecule has 0 aromatic carbocycles. The van der Waals surface area contributed by atoms with Crippen molar-refractivity contribution in [2.75, 3.05) is 11.4 Å². The Morgan fingerprint density at radius 3 is 2.95 bits per heavy atom. The Labute approximate surface area is 122 Å². The fraction of sp³-hybridized carbons (Fsp3) is 0.500. The number of fused-ring (bicyclic) bond motifs is 1. The third-order valence-corrected chi connectivity index (χ3v) is 3.57. The number of anilines is 1. The molecule has 1 fully saturated rings. The maximum absolute atomic E-state index is 11.4. The summed E-state index contributed by atoms with van der Waals surface area (Å²) in [5.41, 5.74) is 0.722. The molecule has 1 aliphatic rings. The quantitative estimate of drug-likeness (QED) is 0.897. The highest BCUT2D eigenvalue weighted by Gasteiger charge is 2.30. The Balaban J connectivity index is 0.00000147.